The second-order valence-electron chi connectivity index (χ2n) is 4.44. The molecule has 1 saturated carbocycles. The molecule has 1 aliphatic rings. The first-order valence-corrected chi connectivity index (χ1v) is 5.82. The highest BCUT2D eigenvalue weighted by molar-refractivity contribution is 14.0. The van der Waals surface area contributed by atoms with Crippen LogP contribution in [0, 0.1) is 5.92 Å². The summed E-state index contributed by atoms with van der Waals surface area (Å²) in [7, 11) is 0. The van der Waals surface area contributed by atoms with Crippen LogP contribution in [-0.2, 0) is 4.74 Å². The molecule has 0 aliphatic heterocycles. The molecule has 1 aliphatic carbocycles. The zero-order valence-corrected chi connectivity index (χ0v) is 12.6. The van der Waals surface area contributed by atoms with Gasteiger partial charge in [-0.15, -0.1) is 24.0 Å². The number of nitrogens with zero attached hydrogens (tertiary/aromatic N) is 1. The lowest BCUT2D eigenvalue weighted by Crippen LogP contribution is -2.36. The minimum atomic E-state index is 0. The Hall–Kier alpha value is -0.0400. The molecule has 0 aromatic rings. The van der Waals surface area contributed by atoms with Gasteiger partial charge in [0, 0.05) is 25.8 Å². The number of hydrogen-bond donors (Lipinski definition) is 2. The second kappa shape index (κ2) is 9.04. The number of guanidine groups is 1. The average molecular weight is 341 g/mol. The predicted molar refractivity (Wildman–Crippen MR) is 78.3 cm³/mol. The van der Waals surface area contributed by atoms with Gasteiger partial charge in [0.15, 0.2) is 5.96 Å². The molecule has 96 valence electrons. The fourth-order valence-corrected chi connectivity index (χ4v) is 1.24. The van der Waals surface area contributed by atoms with Crippen molar-refractivity contribution in [1.29, 1.82) is 0 Å². The lowest BCUT2D eigenvalue weighted by atomic mass is 10.4. The Labute approximate surface area is 115 Å². The summed E-state index contributed by atoms with van der Waals surface area (Å²) in [4.78, 5) is 4.20. The quantitative estimate of drug-likeness (QED) is 0.321. The number of halogens is 1. The first-order valence-electron chi connectivity index (χ1n) is 5.82. The first-order chi connectivity index (χ1) is 7.18. The Morgan fingerprint density at radius 3 is 2.75 bits per heavy atom. The van der Waals surface area contributed by atoms with Crippen LogP contribution >= 0.6 is 24.0 Å². The minimum Gasteiger partial charge on any atom is -0.381 e. The van der Waals surface area contributed by atoms with Crippen molar-refractivity contribution >= 4 is 29.9 Å². The SMILES string of the molecule is CC(C)NC(N)=NCCCOCC1CC1.I. The summed E-state index contributed by atoms with van der Waals surface area (Å²) < 4.78 is 5.49. The summed E-state index contributed by atoms with van der Waals surface area (Å²) >= 11 is 0. The van der Waals surface area contributed by atoms with Crippen molar-refractivity contribution in [3.05, 3.63) is 0 Å². The standard InChI is InChI=1S/C11H23N3O.HI/c1-9(2)14-11(12)13-6-3-7-15-8-10-4-5-10;/h9-10H,3-8H2,1-2H3,(H3,12,13,14);1H. The summed E-state index contributed by atoms with van der Waals surface area (Å²) in [5, 5.41) is 3.05. The fourth-order valence-electron chi connectivity index (χ4n) is 1.24. The predicted octanol–water partition coefficient (Wildman–Crippen LogP) is 1.73. The van der Waals surface area contributed by atoms with Crippen LogP contribution in [0.15, 0.2) is 4.99 Å². The summed E-state index contributed by atoms with van der Waals surface area (Å²) in [5.74, 6) is 1.38. The highest BCUT2D eigenvalue weighted by Crippen LogP contribution is 2.28. The smallest absolute Gasteiger partial charge is 0.188 e. The summed E-state index contributed by atoms with van der Waals surface area (Å²) in [6.45, 7) is 6.57. The maximum Gasteiger partial charge on any atom is 0.188 e. The van der Waals surface area contributed by atoms with E-state index >= 15 is 0 Å². The molecule has 0 aromatic heterocycles. The van der Waals surface area contributed by atoms with Gasteiger partial charge in [-0.2, -0.15) is 0 Å². The van der Waals surface area contributed by atoms with E-state index in [2.05, 4.69) is 10.3 Å². The maximum atomic E-state index is 5.65. The molecule has 1 rings (SSSR count). The molecule has 5 heteroatoms. The Balaban J connectivity index is 0.00000225. The lowest BCUT2D eigenvalue weighted by molar-refractivity contribution is 0.123. The molecule has 0 spiro atoms. The van der Waals surface area contributed by atoms with Gasteiger partial charge in [-0.25, -0.2) is 0 Å². The zero-order chi connectivity index (χ0) is 11.1. The third-order valence-electron chi connectivity index (χ3n) is 2.22. The van der Waals surface area contributed by atoms with Crippen molar-refractivity contribution in [2.45, 2.75) is 39.2 Å². The third-order valence-corrected chi connectivity index (χ3v) is 2.22. The van der Waals surface area contributed by atoms with Crippen LogP contribution in [0.25, 0.3) is 0 Å². The van der Waals surface area contributed by atoms with E-state index < -0.39 is 0 Å². The molecule has 16 heavy (non-hydrogen) atoms. The first kappa shape index (κ1) is 16.0. The van der Waals surface area contributed by atoms with Gasteiger partial charge < -0.3 is 15.8 Å². The van der Waals surface area contributed by atoms with E-state index in [0.29, 0.717) is 12.0 Å². The van der Waals surface area contributed by atoms with Gasteiger partial charge in [0.1, 0.15) is 0 Å². The van der Waals surface area contributed by atoms with Crippen molar-refractivity contribution in [2.24, 2.45) is 16.6 Å². The van der Waals surface area contributed by atoms with E-state index in [0.717, 1.165) is 32.1 Å². The number of nitrogens with one attached hydrogen (secondary N) is 1. The van der Waals surface area contributed by atoms with Gasteiger partial charge in [-0.3, -0.25) is 4.99 Å². The van der Waals surface area contributed by atoms with Crippen molar-refractivity contribution in [3.8, 4) is 0 Å². The van der Waals surface area contributed by atoms with Crippen molar-refractivity contribution < 1.29 is 4.74 Å². The van der Waals surface area contributed by atoms with E-state index in [1.54, 1.807) is 0 Å². The normalized spacial score (nSPS) is 16.1. The summed E-state index contributed by atoms with van der Waals surface area (Å²) in [6, 6.07) is 0.347. The minimum absolute atomic E-state index is 0. The van der Waals surface area contributed by atoms with Crippen LogP contribution in [0.3, 0.4) is 0 Å². The topological polar surface area (TPSA) is 59.6 Å². The molecular weight excluding hydrogens is 317 g/mol. The number of hydrogen-bond acceptors (Lipinski definition) is 2. The Morgan fingerprint density at radius 2 is 2.19 bits per heavy atom. The van der Waals surface area contributed by atoms with Gasteiger partial charge >= 0.3 is 0 Å². The number of rotatable bonds is 7. The summed E-state index contributed by atoms with van der Waals surface area (Å²) in [5.41, 5.74) is 5.65. The second-order valence-corrected chi connectivity index (χ2v) is 4.44. The molecule has 0 amide bonds. The van der Waals surface area contributed by atoms with E-state index in [1.165, 1.54) is 12.8 Å². The molecular formula is C11H24IN3O. The van der Waals surface area contributed by atoms with Crippen LogP contribution < -0.4 is 11.1 Å². The molecule has 0 atom stereocenters. The van der Waals surface area contributed by atoms with Crippen LogP contribution in [0.5, 0.6) is 0 Å². The zero-order valence-electron chi connectivity index (χ0n) is 10.2. The number of aliphatic imine (C=N–C) groups is 1. The largest absolute Gasteiger partial charge is 0.381 e. The Bertz CT molecular complexity index is 205. The number of ether oxygens (including phenoxy) is 1. The molecule has 0 bridgehead atoms. The van der Waals surface area contributed by atoms with Gasteiger partial charge in [-0.1, -0.05) is 0 Å². The Kier molecular flexibility index (Phi) is 9.02. The highest BCUT2D eigenvalue weighted by Gasteiger charge is 2.20. The van der Waals surface area contributed by atoms with E-state index in [1.807, 2.05) is 13.8 Å². The van der Waals surface area contributed by atoms with Crippen LogP contribution in [-0.4, -0.2) is 31.8 Å². The Morgan fingerprint density at radius 1 is 1.50 bits per heavy atom. The lowest BCUT2D eigenvalue weighted by Gasteiger charge is -2.08. The third kappa shape index (κ3) is 9.21. The van der Waals surface area contributed by atoms with E-state index in [9.17, 15) is 0 Å². The van der Waals surface area contributed by atoms with E-state index in [-0.39, 0.29) is 24.0 Å². The van der Waals surface area contributed by atoms with Crippen molar-refractivity contribution in [2.75, 3.05) is 19.8 Å². The molecule has 0 saturated heterocycles. The van der Waals surface area contributed by atoms with Crippen LogP contribution in [0.4, 0.5) is 0 Å². The van der Waals surface area contributed by atoms with Gasteiger partial charge in [-0.05, 0) is 39.0 Å². The average Bonchev–Trinajstić information content (AvgIpc) is 2.93. The molecule has 4 nitrogen and oxygen atoms in total. The molecule has 0 aromatic carbocycles. The maximum absolute atomic E-state index is 5.65. The van der Waals surface area contributed by atoms with Crippen LogP contribution in [0.1, 0.15) is 33.1 Å². The summed E-state index contributed by atoms with van der Waals surface area (Å²) in [6.07, 6.45) is 3.65. The molecule has 1 fully saturated rings. The van der Waals surface area contributed by atoms with Gasteiger partial charge in [0.25, 0.3) is 0 Å². The van der Waals surface area contributed by atoms with Crippen molar-refractivity contribution in [3.63, 3.8) is 0 Å². The van der Waals surface area contributed by atoms with Crippen LogP contribution in [0.2, 0.25) is 0 Å². The van der Waals surface area contributed by atoms with E-state index in [4.69, 9.17) is 10.5 Å². The molecule has 0 radical (unpaired) electrons. The van der Waals surface area contributed by atoms with Gasteiger partial charge in [0.05, 0.1) is 0 Å². The van der Waals surface area contributed by atoms with Gasteiger partial charge in [0.2, 0.25) is 0 Å². The highest BCUT2D eigenvalue weighted by atomic mass is 127. The fraction of sp³-hybridized carbons (Fsp3) is 0.909. The molecule has 3 N–H and O–H groups in total. The monoisotopic (exact) mass is 341 g/mol. The molecule has 0 heterocycles. The molecule has 0 unspecified atom stereocenters. The van der Waals surface area contributed by atoms with Crippen molar-refractivity contribution in [1.82, 2.24) is 5.32 Å². The number of nitrogens with two attached hydrogens (primary N) is 1.